The Kier molecular flexibility index (Phi) is 5.80. The Hall–Kier alpha value is -1.80. The van der Waals surface area contributed by atoms with Gasteiger partial charge in [0.2, 0.25) is 0 Å². The van der Waals surface area contributed by atoms with Gasteiger partial charge in [-0.15, -0.1) is 0 Å². The second-order valence-corrected chi connectivity index (χ2v) is 7.52. The summed E-state index contributed by atoms with van der Waals surface area (Å²) in [4.78, 5) is 0. The van der Waals surface area contributed by atoms with Crippen molar-refractivity contribution in [1.29, 1.82) is 0 Å². The molecule has 1 N–H and O–H groups in total. The lowest BCUT2D eigenvalue weighted by atomic mass is 9.68. The van der Waals surface area contributed by atoms with Crippen LogP contribution in [0.1, 0.15) is 63.0 Å². The average Bonchev–Trinajstić information content (AvgIpc) is 2.61. The third-order valence-corrected chi connectivity index (χ3v) is 5.27. The summed E-state index contributed by atoms with van der Waals surface area (Å²) in [5, 5.41) is 11.3. The van der Waals surface area contributed by atoms with Crippen LogP contribution in [0, 0.1) is 5.92 Å². The molecule has 1 radical (unpaired) electrons. The fraction of sp³-hybridized carbons (Fsp3) is 0.435. The van der Waals surface area contributed by atoms with Gasteiger partial charge in [0.1, 0.15) is 12.4 Å². The van der Waals surface area contributed by atoms with Gasteiger partial charge in [0.05, 0.1) is 5.60 Å². The van der Waals surface area contributed by atoms with Crippen LogP contribution in [0.4, 0.5) is 0 Å². The highest BCUT2D eigenvalue weighted by Gasteiger charge is 2.40. The molecule has 0 bridgehead atoms. The summed E-state index contributed by atoms with van der Waals surface area (Å²) in [6, 6.07) is 18.5. The van der Waals surface area contributed by atoms with Crippen molar-refractivity contribution in [2.45, 2.75) is 64.1 Å². The fourth-order valence-corrected chi connectivity index (χ4v) is 4.16. The summed E-state index contributed by atoms with van der Waals surface area (Å²) >= 11 is 0. The van der Waals surface area contributed by atoms with E-state index >= 15 is 0 Å². The monoisotopic (exact) mass is 337 g/mol. The molecule has 1 fully saturated rings. The van der Waals surface area contributed by atoms with E-state index < -0.39 is 5.60 Å². The minimum Gasteiger partial charge on any atom is -0.489 e. The summed E-state index contributed by atoms with van der Waals surface area (Å²) in [7, 11) is 0. The summed E-state index contributed by atoms with van der Waals surface area (Å²) in [6.45, 7) is 4.83. The highest BCUT2D eigenvalue weighted by Crippen LogP contribution is 2.45. The van der Waals surface area contributed by atoms with E-state index in [1.165, 1.54) is 12.3 Å². The molecule has 0 spiro atoms. The molecule has 1 atom stereocenters. The Balaban J connectivity index is 1.78. The molecule has 0 heterocycles. The van der Waals surface area contributed by atoms with Crippen LogP contribution in [-0.4, -0.2) is 10.7 Å². The SMILES string of the molecule is C[C](C)C(c1cccc(OCc2ccccc2)c1)C1(O)CCCCC1. The quantitative estimate of drug-likeness (QED) is 0.737. The van der Waals surface area contributed by atoms with Crippen molar-refractivity contribution in [2.24, 2.45) is 0 Å². The van der Waals surface area contributed by atoms with Gasteiger partial charge in [0.15, 0.2) is 0 Å². The Morgan fingerprint density at radius 1 is 1.00 bits per heavy atom. The molecule has 25 heavy (non-hydrogen) atoms. The summed E-state index contributed by atoms with van der Waals surface area (Å²) in [5.41, 5.74) is 1.71. The molecule has 2 heteroatoms. The zero-order valence-corrected chi connectivity index (χ0v) is 15.4. The molecule has 0 aromatic heterocycles. The molecule has 1 aliphatic carbocycles. The third-order valence-electron chi connectivity index (χ3n) is 5.27. The average molecular weight is 337 g/mol. The Morgan fingerprint density at radius 3 is 2.40 bits per heavy atom. The number of hydrogen-bond acceptors (Lipinski definition) is 2. The molecule has 133 valence electrons. The van der Waals surface area contributed by atoms with E-state index in [4.69, 9.17) is 4.74 Å². The van der Waals surface area contributed by atoms with E-state index in [1.807, 2.05) is 30.3 Å². The largest absolute Gasteiger partial charge is 0.489 e. The minimum atomic E-state index is -0.616. The van der Waals surface area contributed by atoms with Crippen molar-refractivity contribution < 1.29 is 9.84 Å². The molecule has 1 unspecified atom stereocenters. The van der Waals surface area contributed by atoms with Gasteiger partial charge in [-0.25, -0.2) is 0 Å². The Labute approximate surface area is 151 Å². The van der Waals surface area contributed by atoms with Gasteiger partial charge in [0, 0.05) is 5.92 Å². The van der Waals surface area contributed by atoms with E-state index in [0.29, 0.717) is 6.61 Å². The first-order chi connectivity index (χ1) is 12.1. The first-order valence-corrected chi connectivity index (χ1v) is 9.38. The number of benzene rings is 2. The number of ether oxygens (including phenoxy) is 1. The highest BCUT2D eigenvalue weighted by molar-refractivity contribution is 5.36. The third kappa shape index (κ3) is 4.43. The van der Waals surface area contributed by atoms with Crippen molar-refractivity contribution in [3.63, 3.8) is 0 Å². The standard InChI is InChI=1S/C23H29O2/c1-18(2)22(23(24)14-7-4-8-15-23)20-12-9-13-21(16-20)25-17-19-10-5-3-6-11-19/h3,5-6,9-13,16,22,24H,4,7-8,14-15,17H2,1-2H3. The van der Waals surface area contributed by atoms with Gasteiger partial charge in [0.25, 0.3) is 0 Å². The van der Waals surface area contributed by atoms with Crippen LogP contribution < -0.4 is 4.74 Å². The second-order valence-electron chi connectivity index (χ2n) is 7.52. The van der Waals surface area contributed by atoms with Crippen LogP contribution in [0.3, 0.4) is 0 Å². The highest BCUT2D eigenvalue weighted by atomic mass is 16.5. The molecular weight excluding hydrogens is 308 g/mol. The molecule has 0 aliphatic heterocycles. The Bertz CT molecular complexity index is 657. The molecule has 2 aromatic rings. The maximum atomic E-state index is 11.3. The van der Waals surface area contributed by atoms with Crippen molar-refractivity contribution in [2.75, 3.05) is 0 Å². The molecule has 1 saturated carbocycles. The van der Waals surface area contributed by atoms with Crippen LogP contribution in [0.25, 0.3) is 0 Å². The smallest absolute Gasteiger partial charge is 0.120 e. The number of aliphatic hydroxyl groups is 1. The van der Waals surface area contributed by atoms with E-state index in [1.54, 1.807) is 0 Å². The predicted octanol–water partition coefficient (Wildman–Crippen LogP) is 5.66. The van der Waals surface area contributed by atoms with Gasteiger partial charge in [-0.3, -0.25) is 0 Å². The molecule has 0 saturated heterocycles. The van der Waals surface area contributed by atoms with Crippen LogP contribution >= 0.6 is 0 Å². The minimum absolute atomic E-state index is 0.0769. The first-order valence-electron chi connectivity index (χ1n) is 9.38. The van der Waals surface area contributed by atoms with Gasteiger partial charge in [-0.2, -0.15) is 0 Å². The lowest BCUT2D eigenvalue weighted by Crippen LogP contribution is -2.40. The second kappa shape index (κ2) is 8.05. The van der Waals surface area contributed by atoms with Gasteiger partial charge in [-0.05, 0) is 42.0 Å². The molecule has 2 aromatic carbocycles. The van der Waals surface area contributed by atoms with E-state index in [-0.39, 0.29) is 5.92 Å². The topological polar surface area (TPSA) is 29.5 Å². The lowest BCUT2D eigenvalue weighted by Gasteiger charge is -2.41. The van der Waals surface area contributed by atoms with Crippen molar-refractivity contribution in [3.05, 3.63) is 71.6 Å². The van der Waals surface area contributed by atoms with Crippen LogP contribution in [0.5, 0.6) is 5.75 Å². The summed E-state index contributed by atoms with van der Waals surface area (Å²) < 4.78 is 5.99. The molecule has 2 nitrogen and oxygen atoms in total. The number of hydrogen-bond donors (Lipinski definition) is 1. The lowest BCUT2D eigenvalue weighted by molar-refractivity contribution is -0.0174. The Morgan fingerprint density at radius 2 is 1.72 bits per heavy atom. The maximum Gasteiger partial charge on any atom is 0.120 e. The van der Waals surface area contributed by atoms with Crippen LogP contribution in [0.2, 0.25) is 0 Å². The van der Waals surface area contributed by atoms with E-state index in [2.05, 4.69) is 38.1 Å². The molecule has 3 rings (SSSR count). The van der Waals surface area contributed by atoms with Crippen molar-refractivity contribution in [3.8, 4) is 5.75 Å². The zero-order chi connectivity index (χ0) is 17.7. The van der Waals surface area contributed by atoms with E-state index in [9.17, 15) is 5.11 Å². The maximum absolute atomic E-state index is 11.3. The predicted molar refractivity (Wildman–Crippen MR) is 103 cm³/mol. The first kappa shape index (κ1) is 18.0. The van der Waals surface area contributed by atoms with Crippen LogP contribution in [0.15, 0.2) is 54.6 Å². The van der Waals surface area contributed by atoms with Gasteiger partial charge < -0.3 is 9.84 Å². The van der Waals surface area contributed by atoms with Crippen molar-refractivity contribution in [1.82, 2.24) is 0 Å². The van der Waals surface area contributed by atoms with Crippen LogP contribution in [-0.2, 0) is 6.61 Å². The zero-order valence-electron chi connectivity index (χ0n) is 15.4. The summed E-state index contributed by atoms with van der Waals surface area (Å²) in [6.07, 6.45) is 5.24. The molecule has 1 aliphatic rings. The molecule has 0 amide bonds. The fourth-order valence-electron chi connectivity index (χ4n) is 4.16. The summed E-state index contributed by atoms with van der Waals surface area (Å²) in [5.74, 6) is 2.21. The van der Waals surface area contributed by atoms with Gasteiger partial charge >= 0.3 is 0 Å². The number of rotatable bonds is 6. The van der Waals surface area contributed by atoms with Crippen molar-refractivity contribution >= 4 is 0 Å². The van der Waals surface area contributed by atoms with E-state index in [0.717, 1.165) is 42.6 Å². The molecular formula is C23H29O2. The van der Waals surface area contributed by atoms with Gasteiger partial charge in [-0.1, -0.05) is 75.6 Å². The normalized spacial score (nSPS) is 18.1.